The molecule has 0 spiro atoms. The third-order valence-electron chi connectivity index (χ3n) is 4.49. The average Bonchev–Trinajstić information content (AvgIpc) is 3.31. The van der Waals surface area contributed by atoms with E-state index in [4.69, 9.17) is 9.26 Å². The fourth-order valence-corrected chi connectivity index (χ4v) is 3.21. The van der Waals surface area contributed by atoms with Crippen molar-refractivity contribution in [1.29, 1.82) is 0 Å². The van der Waals surface area contributed by atoms with Crippen LogP contribution in [0.2, 0.25) is 0 Å². The zero-order valence-corrected chi connectivity index (χ0v) is 15.4. The van der Waals surface area contributed by atoms with Gasteiger partial charge in [0.25, 0.3) is 0 Å². The Kier molecular flexibility index (Phi) is 4.52. The number of nitrogens with zero attached hydrogens (tertiary/aromatic N) is 4. The number of ether oxygens (including phenoxy) is 1. The second kappa shape index (κ2) is 7.15. The van der Waals surface area contributed by atoms with Crippen molar-refractivity contribution in [1.82, 2.24) is 20.2 Å². The molecule has 0 bridgehead atoms. The van der Waals surface area contributed by atoms with E-state index in [1.54, 1.807) is 6.07 Å². The number of hydrogen-bond acceptors (Lipinski definition) is 6. The molecule has 1 N–H and O–H groups in total. The predicted octanol–water partition coefficient (Wildman–Crippen LogP) is 3.73. The number of benzene rings is 2. The van der Waals surface area contributed by atoms with Crippen LogP contribution in [0.25, 0.3) is 27.9 Å². The number of carboxylic acids is 1. The van der Waals surface area contributed by atoms with Gasteiger partial charge in [-0.25, -0.2) is 9.48 Å². The Labute approximate surface area is 160 Å². The van der Waals surface area contributed by atoms with Crippen molar-refractivity contribution in [2.75, 3.05) is 7.11 Å². The number of carbonyl (C=O) groups is 1. The fraction of sp³-hybridized carbons (Fsp3) is 0.200. The van der Waals surface area contributed by atoms with Crippen LogP contribution in [0.15, 0.2) is 47.0 Å². The first-order valence-corrected chi connectivity index (χ1v) is 8.85. The maximum Gasteiger partial charge on any atom is 0.358 e. The summed E-state index contributed by atoms with van der Waals surface area (Å²) < 4.78 is 12.6. The van der Waals surface area contributed by atoms with Crippen LogP contribution in [0.4, 0.5) is 0 Å². The molecule has 0 aliphatic rings. The van der Waals surface area contributed by atoms with Gasteiger partial charge in [-0.05, 0) is 12.5 Å². The molecule has 0 unspecified atom stereocenters. The Morgan fingerprint density at radius 2 is 2.04 bits per heavy atom. The predicted molar refractivity (Wildman–Crippen MR) is 102 cm³/mol. The zero-order chi connectivity index (χ0) is 19.7. The minimum absolute atomic E-state index is 0.0578. The van der Waals surface area contributed by atoms with Crippen molar-refractivity contribution < 1.29 is 19.2 Å². The molecule has 2 aromatic carbocycles. The fourth-order valence-electron chi connectivity index (χ4n) is 3.21. The Bertz CT molecular complexity index is 1150. The number of fused-ring (bicyclic) bond motifs is 1. The van der Waals surface area contributed by atoms with Crippen molar-refractivity contribution in [3.05, 3.63) is 53.9 Å². The highest BCUT2D eigenvalue weighted by atomic mass is 16.5. The van der Waals surface area contributed by atoms with Crippen molar-refractivity contribution in [2.24, 2.45) is 0 Å². The van der Waals surface area contributed by atoms with E-state index >= 15 is 0 Å². The third kappa shape index (κ3) is 2.88. The first-order chi connectivity index (χ1) is 13.6. The molecule has 0 radical (unpaired) electrons. The van der Waals surface area contributed by atoms with E-state index in [9.17, 15) is 9.90 Å². The Morgan fingerprint density at radius 3 is 2.71 bits per heavy atom. The first kappa shape index (κ1) is 17.7. The summed E-state index contributed by atoms with van der Waals surface area (Å²) in [5.74, 6) is 0.0134. The highest BCUT2D eigenvalue weighted by Crippen LogP contribution is 2.35. The van der Waals surface area contributed by atoms with Crippen LogP contribution in [0.5, 0.6) is 5.75 Å². The van der Waals surface area contributed by atoms with Gasteiger partial charge in [-0.15, -0.1) is 5.10 Å². The maximum atomic E-state index is 11.5. The molecule has 2 aromatic heterocycles. The van der Waals surface area contributed by atoms with Crippen LogP contribution >= 0.6 is 0 Å². The molecule has 8 nitrogen and oxygen atoms in total. The van der Waals surface area contributed by atoms with Gasteiger partial charge in [0, 0.05) is 11.6 Å². The van der Waals surface area contributed by atoms with Crippen LogP contribution in [0.3, 0.4) is 0 Å². The topological polar surface area (TPSA) is 103 Å². The molecule has 0 fully saturated rings. The summed E-state index contributed by atoms with van der Waals surface area (Å²) in [6, 6.07) is 13.2. The molecule has 4 rings (SSSR count). The average molecular weight is 378 g/mol. The lowest BCUT2D eigenvalue weighted by Crippen LogP contribution is -2.08. The molecule has 4 aromatic rings. The number of rotatable bonds is 6. The lowest BCUT2D eigenvalue weighted by atomic mass is 10.1. The molecule has 0 saturated carbocycles. The monoisotopic (exact) mass is 378 g/mol. The maximum absolute atomic E-state index is 11.5. The van der Waals surface area contributed by atoms with E-state index in [-0.39, 0.29) is 5.69 Å². The molecule has 0 atom stereocenters. The van der Waals surface area contributed by atoms with Gasteiger partial charge in [0.05, 0.1) is 18.2 Å². The van der Waals surface area contributed by atoms with Crippen molar-refractivity contribution in [3.8, 4) is 22.8 Å². The number of aromatic carboxylic acids is 1. The summed E-state index contributed by atoms with van der Waals surface area (Å²) in [6.07, 6.45) is 1.27. The molecule has 28 heavy (non-hydrogen) atoms. The van der Waals surface area contributed by atoms with Crippen LogP contribution in [0, 0.1) is 0 Å². The van der Waals surface area contributed by atoms with E-state index < -0.39 is 5.97 Å². The summed E-state index contributed by atoms with van der Waals surface area (Å²) in [5, 5.41) is 22.3. The molecule has 0 amide bonds. The lowest BCUT2D eigenvalue weighted by Gasteiger charge is -2.11. The Hall–Kier alpha value is -3.68. The second-order valence-electron chi connectivity index (χ2n) is 6.27. The number of carboxylic acid groups (broad SMARTS) is 1. The van der Waals surface area contributed by atoms with Crippen molar-refractivity contribution in [2.45, 2.75) is 19.8 Å². The van der Waals surface area contributed by atoms with Crippen LogP contribution in [-0.4, -0.2) is 38.3 Å². The SMILES string of the molecule is CCCc1c(C(=O)O)nnn1-c1cc2c(-c3ccccc3)onc2cc1OC. The van der Waals surface area contributed by atoms with Crippen LogP contribution < -0.4 is 4.74 Å². The molecule has 8 heteroatoms. The summed E-state index contributed by atoms with van der Waals surface area (Å²) in [5.41, 5.74) is 2.57. The normalized spacial score (nSPS) is 11.1. The van der Waals surface area contributed by atoms with Gasteiger partial charge in [0.1, 0.15) is 17.0 Å². The number of hydrogen-bond donors (Lipinski definition) is 1. The standard InChI is InChI=1S/C20H18N4O4/c1-3-7-15-18(20(25)26)21-23-24(15)16-10-13-14(11-17(16)27-2)22-28-19(13)12-8-5-4-6-9-12/h4-6,8-11H,3,7H2,1-2H3,(H,25,26). The third-order valence-corrected chi connectivity index (χ3v) is 4.49. The highest BCUT2D eigenvalue weighted by molar-refractivity contribution is 5.94. The first-order valence-electron chi connectivity index (χ1n) is 8.85. The molecular weight excluding hydrogens is 360 g/mol. The number of methoxy groups -OCH3 is 1. The van der Waals surface area contributed by atoms with Gasteiger partial charge in [-0.3, -0.25) is 0 Å². The van der Waals surface area contributed by atoms with E-state index in [0.717, 1.165) is 17.4 Å². The van der Waals surface area contributed by atoms with E-state index in [0.29, 0.717) is 34.8 Å². The van der Waals surface area contributed by atoms with Crippen molar-refractivity contribution >= 4 is 16.9 Å². The van der Waals surface area contributed by atoms with Crippen LogP contribution in [0.1, 0.15) is 29.5 Å². The largest absolute Gasteiger partial charge is 0.494 e. The van der Waals surface area contributed by atoms with Crippen molar-refractivity contribution in [3.63, 3.8) is 0 Å². The number of aromatic nitrogens is 4. The lowest BCUT2D eigenvalue weighted by molar-refractivity contribution is 0.0689. The van der Waals surface area contributed by atoms with Gasteiger partial charge < -0.3 is 14.4 Å². The minimum Gasteiger partial charge on any atom is -0.494 e. The molecular formula is C20H18N4O4. The summed E-state index contributed by atoms with van der Waals surface area (Å²) in [7, 11) is 1.54. The van der Waals surface area contributed by atoms with Gasteiger partial charge in [0.15, 0.2) is 11.5 Å². The Balaban J connectivity index is 1.96. The van der Waals surface area contributed by atoms with Crippen LogP contribution in [-0.2, 0) is 6.42 Å². The van der Waals surface area contributed by atoms with E-state index in [2.05, 4.69) is 15.5 Å². The van der Waals surface area contributed by atoms with Gasteiger partial charge in [0.2, 0.25) is 0 Å². The van der Waals surface area contributed by atoms with E-state index in [1.807, 2.05) is 43.3 Å². The minimum atomic E-state index is -1.11. The summed E-state index contributed by atoms with van der Waals surface area (Å²) in [4.78, 5) is 11.5. The summed E-state index contributed by atoms with van der Waals surface area (Å²) in [6.45, 7) is 1.97. The molecule has 142 valence electrons. The second-order valence-corrected chi connectivity index (χ2v) is 6.27. The Morgan fingerprint density at radius 1 is 1.25 bits per heavy atom. The van der Waals surface area contributed by atoms with Gasteiger partial charge in [-0.2, -0.15) is 0 Å². The van der Waals surface area contributed by atoms with Gasteiger partial charge in [-0.1, -0.05) is 54.0 Å². The molecule has 0 aliphatic carbocycles. The molecule has 2 heterocycles. The van der Waals surface area contributed by atoms with E-state index in [1.165, 1.54) is 11.8 Å². The quantitative estimate of drug-likeness (QED) is 0.545. The molecule has 0 saturated heterocycles. The van der Waals surface area contributed by atoms with Gasteiger partial charge >= 0.3 is 5.97 Å². The smallest absolute Gasteiger partial charge is 0.358 e. The summed E-state index contributed by atoms with van der Waals surface area (Å²) >= 11 is 0. The molecule has 0 aliphatic heterocycles. The highest BCUT2D eigenvalue weighted by Gasteiger charge is 2.23. The zero-order valence-electron chi connectivity index (χ0n) is 15.4.